The van der Waals surface area contributed by atoms with E-state index >= 15 is 0 Å². The second-order valence-electron chi connectivity index (χ2n) is 3.18. The minimum atomic E-state index is -0.832. The first-order chi connectivity index (χ1) is 8.19. The third-order valence-corrected chi connectivity index (χ3v) is 1.93. The molecular formula is C11H8F2N2O2. The normalized spacial score (nSPS) is 10.3. The summed E-state index contributed by atoms with van der Waals surface area (Å²) >= 11 is 0. The lowest BCUT2D eigenvalue weighted by atomic mass is 10.3. The Morgan fingerprint density at radius 2 is 2.06 bits per heavy atom. The van der Waals surface area contributed by atoms with Crippen LogP contribution >= 0.6 is 0 Å². The standard InChI is InChI=1S/C11H8F2N2O2/c12-7-1-2-10(9(13)3-7)17-11-5-14-4-8(6-16)15-11/h1-5,16H,6H2. The van der Waals surface area contributed by atoms with Crippen LogP contribution in [-0.4, -0.2) is 15.1 Å². The molecule has 2 aromatic rings. The minimum absolute atomic E-state index is 0.0297. The molecule has 0 atom stereocenters. The minimum Gasteiger partial charge on any atom is -0.434 e. The molecule has 0 aliphatic heterocycles. The van der Waals surface area contributed by atoms with Gasteiger partial charge in [-0.2, -0.15) is 0 Å². The van der Waals surface area contributed by atoms with Crippen molar-refractivity contribution >= 4 is 0 Å². The molecule has 0 unspecified atom stereocenters. The smallest absolute Gasteiger partial charge is 0.238 e. The summed E-state index contributed by atoms with van der Waals surface area (Å²) in [7, 11) is 0. The first kappa shape index (κ1) is 11.4. The molecule has 2 rings (SSSR count). The summed E-state index contributed by atoms with van der Waals surface area (Å²) in [6.07, 6.45) is 2.62. The van der Waals surface area contributed by atoms with Gasteiger partial charge in [-0.05, 0) is 12.1 Å². The monoisotopic (exact) mass is 238 g/mol. The summed E-state index contributed by atoms with van der Waals surface area (Å²) in [5.74, 6) is -1.65. The topological polar surface area (TPSA) is 55.2 Å². The quantitative estimate of drug-likeness (QED) is 0.889. The Hall–Kier alpha value is -2.08. The Morgan fingerprint density at radius 3 is 2.76 bits per heavy atom. The van der Waals surface area contributed by atoms with Crippen LogP contribution in [0.2, 0.25) is 0 Å². The van der Waals surface area contributed by atoms with Gasteiger partial charge in [0.1, 0.15) is 5.82 Å². The van der Waals surface area contributed by atoms with Gasteiger partial charge in [-0.3, -0.25) is 4.98 Å². The SMILES string of the molecule is OCc1cncc(Oc2ccc(F)cc2F)n1. The van der Waals surface area contributed by atoms with Crippen LogP contribution in [-0.2, 0) is 6.61 Å². The largest absolute Gasteiger partial charge is 0.434 e. The molecule has 1 aromatic heterocycles. The van der Waals surface area contributed by atoms with Gasteiger partial charge in [-0.15, -0.1) is 0 Å². The third kappa shape index (κ3) is 2.73. The maximum absolute atomic E-state index is 13.3. The Morgan fingerprint density at radius 1 is 1.24 bits per heavy atom. The molecule has 4 nitrogen and oxygen atoms in total. The first-order valence-electron chi connectivity index (χ1n) is 4.73. The highest BCUT2D eigenvalue weighted by Crippen LogP contribution is 2.23. The van der Waals surface area contributed by atoms with E-state index in [0.29, 0.717) is 11.8 Å². The van der Waals surface area contributed by atoms with Crippen LogP contribution in [0.4, 0.5) is 8.78 Å². The number of nitrogens with zero attached hydrogens (tertiary/aromatic N) is 2. The molecule has 0 aliphatic carbocycles. The lowest BCUT2D eigenvalue weighted by molar-refractivity contribution is 0.274. The zero-order chi connectivity index (χ0) is 12.3. The second-order valence-corrected chi connectivity index (χ2v) is 3.18. The zero-order valence-electron chi connectivity index (χ0n) is 8.60. The summed E-state index contributed by atoms with van der Waals surface area (Å²) in [4.78, 5) is 7.61. The van der Waals surface area contributed by atoms with Crippen molar-refractivity contribution in [1.82, 2.24) is 9.97 Å². The molecule has 88 valence electrons. The molecule has 6 heteroatoms. The molecule has 0 amide bonds. The van der Waals surface area contributed by atoms with Gasteiger partial charge in [0.25, 0.3) is 0 Å². The number of halogens is 2. The molecule has 0 saturated heterocycles. The molecule has 0 radical (unpaired) electrons. The molecule has 17 heavy (non-hydrogen) atoms. The highest BCUT2D eigenvalue weighted by Gasteiger charge is 2.07. The van der Waals surface area contributed by atoms with Crippen molar-refractivity contribution in [2.75, 3.05) is 0 Å². The number of hydrogen-bond acceptors (Lipinski definition) is 4. The molecule has 1 N–H and O–H groups in total. The fraction of sp³-hybridized carbons (Fsp3) is 0.0909. The Balaban J connectivity index is 2.25. The van der Waals surface area contributed by atoms with Crippen LogP contribution in [0.25, 0.3) is 0 Å². The van der Waals surface area contributed by atoms with E-state index in [1.54, 1.807) is 0 Å². The van der Waals surface area contributed by atoms with Crippen LogP contribution in [0, 0.1) is 11.6 Å². The van der Waals surface area contributed by atoms with Gasteiger partial charge >= 0.3 is 0 Å². The molecule has 0 saturated carbocycles. The maximum atomic E-state index is 13.3. The van der Waals surface area contributed by atoms with E-state index in [-0.39, 0.29) is 18.2 Å². The number of rotatable bonds is 3. The fourth-order valence-electron chi connectivity index (χ4n) is 1.18. The van der Waals surface area contributed by atoms with E-state index in [1.807, 2.05) is 0 Å². The Labute approximate surface area is 95.5 Å². The predicted octanol–water partition coefficient (Wildman–Crippen LogP) is 2.04. The molecule has 1 heterocycles. The number of ether oxygens (including phenoxy) is 1. The van der Waals surface area contributed by atoms with Crippen molar-refractivity contribution in [3.8, 4) is 11.6 Å². The number of aliphatic hydroxyl groups is 1. The van der Waals surface area contributed by atoms with Gasteiger partial charge in [0.2, 0.25) is 5.88 Å². The number of aromatic nitrogens is 2. The lowest BCUT2D eigenvalue weighted by Crippen LogP contribution is -1.96. The van der Waals surface area contributed by atoms with Crippen molar-refractivity contribution in [2.24, 2.45) is 0 Å². The zero-order valence-corrected chi connectivity index (χ0v) is 8.60. The van der Waals surface area contributed by atoms with E-state index < -0.39 is 11.6 Å². The van der Waals surface area contributed by atoms with Crippen molar-refractivity contribution in [3.63, 3.8) is 0 Å². The maximum Gasteiger partial charge on any atom is 0.238 e. The molecule has 0 bridgehead atoms. The Kier molecular flexibility index (Phi) is 3.24. The first-order valence-corrected chi connectivity index (χ1v) is 4.73. The Bertz CT molecular complexity index is 535. The summed E-state index contributed by atoms with van der Waals surface area (Å²) in [5, 5.41) is 8.84. The van der Waals surface area contributed by atoms with Crippen LogP contribution in [0.1, 0.15) is 5.69 Å². The summed E-state index contributed by atoms with van der Waals surface area (Å²) in [5.41, 5.74) is 0.296. The summed E-state index contributed by atoms with van der Waals surface area (Å²) in [6.45, 7) is -0.296. The van der Waals surface area contributed by atoms with Crippen LogP contribution < -0.4 is 4.74 Å². The second kappa shape index (κ2) is 4.84. The molecular weight excluding hydrogens is 230 g/mol. The molecule has 0 spiro atoms. The molecule has 0 aliphatic rings. The van der Waals surface area contributed by atoms with Gasteiger partial charge in [0.05, 0.1) is 24.7 Å². The van der Waals surface area contributed by atoms with E-state index in [2.05, 4.69) is 9.97 Å². The third-order valence-electron chi connectivity index (χ3n) is 1.93. The van der Waals surface area contributed by atoms with Crippen molar-refractivity contribution in [3.05, 3.63) is 47.9 Å². The van der Waals surface area contributed by atoms with Gasteiger partial charge in [-0.25, -0.2) is 13.8 Å². The van der Waals surface area contributed by atoms with Crippen molar-refractivity contribution in [1.29, 1.82) is 0 Å². The molecule has 0 fully saturated rings. The van der Waals surface area contributed by atoms with Crippen LogP contribution in [0.5, 0.6) is 11.6 Å². The average Bonchev–Trinajstić information content (AvgIpc) is 2.33. The van der Waals surface area contributed by atoms with Gasteiger partial charge in [0, 0.05) is 6.07 Å². The fourth-order valence-corrected chi connectivity index (χ4v) is 1.18. The van der Waals surface area contributed by atoms with E-state index in [1.165, 1.54) is 12.4 Å². The highest BCUT2D eigenvalue weighted by atomic mass is 19.1. The summed E-state index contributed by atoms with van der Waals surface area (Å²) < 4.78 is 31.0. The summed E-state index contributed by atoms with van der Waals surface area (Å²) in [6, 6.07) is 2.93. The number of benzene rings is 1. The van der Waals surface area contributed by atoms with Gasteiger partial charge in [0.15, 0.2) is 11.6 Å². The van der Waals surface area contributed by atoms with Gasteiger partial charge in [-0.1, -0.05) is 0 Å². The predicted molar refractivity (Wildman–Crippen MR) is 54.4 cm³/mol. The number of aliphatic hydroxyl groups excluding tert-OH is 1. The van der Waals surface area contributed by atoms with Crippen LogP contribution in [0.15, 0.2) is 30.6 Å². The van der Waals surface area contributed by atoms with Gasteiger partial charge < -0.3 is 9.84 Å². The van der Waals surface area contributed by atoms with Crippen molar-refractivity contribution < 1.29 is 18.6 Å². The van der Waals surface area contributed by atoms with E-state index in [9.17, 15) is 8.78 Å². The lowest BCUT2D eigenvalue weighted by Gasteiger charge is -2.05. The van der Waals surface area contributed by atoms with E-state index in [4.69, 9.17) is 9.84 Å². The van der Waals surface area contributed by atoms with E-state index in [0.717, 1.165) is 12.1 Å². The van der Waals surface area contributed by atoms with Crippen LogP contribution in [0.3, 0.4) is 0 Å². The highest BCUT2D eigenvalue weighted by molar-refractivity contribution is 5.28. The van der Waals surface area contributed by atoms with Crippen molar-refractivity contribution in [2.45, 2.75) is 6.61 Å². The molecule has 1 aromatic carbocycles. The number of hydrogen-bond donors (Lipinski definition) is 1. The average molecular weight is 238 g/mol.